The molecule has 0 bridgehead atoms. The van der Waals surface area contributed by atoms with Crippen LogP contribution < -0.4 is 5.32 Å². The summed E-state index contributed by atoms with van der Waals surface area (Å²) in [6, 6.07) is 7.11. The number of amides is 2. The van der Waals surface area contributed by atoms with Gasteiger partial charge in [0.2, 0.25) is 5.91 Å². The Morgan fingerprint density at radius 2 is 2.00 bits per heavy atom. The van der Waals surface area contributed by atoms with Crippen LogP contribution in [0, 0.1) is 0 Å². The van der Waals surface area contributed by atoms with Gasteiger partial charge >= 0.3 is 0 Å². The molecular formula is C15H16ClN3O2. The number of hydrogen-bond acceptors (Lipinski definition) is 2. The molecule has 2 heterocycles. The Hall–Kier alpha value is -2.01. The topological polar surface area (TPSA) is 65.2 Å². The van der Waals surface area contributed by atoms with Crippen LogP contribution in [0.5, 0.6) is 0 Å². The van der Waals surface area contributed by atoms with Crippen molar-refractivity contribution in [3.8, 4) is 0 Å². The summed E-state index contributed by atoms with van der Waals surface area (Å²) < 4.78 is 0. The minimum absolute atomic E-state index is 0.0278. The Balaban J connectivity index is 1.65. The first-order valence-corrected chi connectivity index (χ1v) is 7.35. The van der Waals surface area contributed by atoms with Crippen LogP contribution >= 0.6 is 11.6 Å². The number of benzene rings is 1. The second-order valence-corrected chi connectivity index (χ2v) is 5.62. The van der Waals surface area contributed by atoms with Gasteiger partial charge in [-0.3, -0.25) is 9.59 Å². The predicted octanol–water partition coefficient (Wildman–Crippen LogP) is 2.17. The lowest BCUT2D eigenvalue weighted by Crippen LogP contribution is -2.38. The molecule has 2 amide bonds. The number of rotatable bonds is 3. The van der Waals surface area contributed by atoms with Gasteiger partial charge in [0, 0.05) is 29.0 Å². The van der Waals surface area contributed by atoms with Crippen LogP contribution in [-0.2, 0) is 4.79 Å². The molecule has 0 aliphatic carbocycles. The van der Waals surface area contributed by atoms with Gasteiger partial charge in [0.05, 0.1) is 6.54 Å². The van der Waals surface area contributed by atoms with E-state index in [0.717, 1.165) is 36.8 Å². The number of likely N-dealkylation sites (tertiary alicyclic amines) is 1. The van der Waals surface area contributed by atoms with Gasteiger partial charge in [0.15, 0.2) is 0 Å². The molecule has 1 aliphatic heterocycles. The molecule has 3 rings (SSSR count). The van der Waals surface area contributed by atoms with E-state index in [1.54, 1.807) is 23.1 Å². The maximum absolute atomic E-state index is 12.1. The minimum Gasteiger partial charge on any atom is -0.351 e. The summed E-state index contributed by atoms with van der Waals surface area (Å²) in [7, 11) is 0. The SMILES string of the molecule is O=C(NCC(=O)N1CCCC1)c1cc2cc(Cl)ccc2[nH]1. The van der Waals surface area contributed by atoms with Crippen molar-refractivity contribution in [3.05, 3.63) is 35.0 Å². The zero-order valence-electron chi connectivity index (χ0n) is 11.5. The van der Waals surface area contributed by atoms with Crippen molar-refractivity contribution in [3.63, 3.8) is 0 Å². The quantitative estimate of drug-likeness (QED) is 0.913. The molecule has 0 radical (unpaired) electrons. The van der Waals surface area contributed by atoms with Gasteiger partial charge in [0.1, 0.15) is 5.69 Å². The highest BCUT2D eigenvalue weighted by molar-refractivity contribution is 6.31. The van der Waals surface area contributed by atoms with E-state index in [0.29, 0.717) is 10.7 Å². The Labute approximate surface area is 127 Å². The molecule has 1 aliphatic rings. The summed E-state index contributed by atoms with van der Waals surface area (Å²) >= 11 is 5.92. The smallest absolute Gasteiger partial charge is 0.268 e. The van der Waals surface area contributed by atoms with E-state index >= 15 is 0 Å². The molecule has 1 saturated heterocycles. The van der Waals surface area contributed by atoms with Crippen molar-refractivity contribution in [2.75, 3.05) is 19.6 Å². The highest BCUT2D eigenvalue weighted by atomic mass is 35.5. The van der Waals surface area contributed by atoms with Crippen LogP contribution in [0.4, 0.5) is 0 Å². The van der Waals surface area contributed by atoms with Crippen LogP contribution in [0.15, 0.2) is 24.3 Å². The zero-order valence-corrected chi connectivity index (χ0v) is 12.2. The zero-order chi connectivity index (χ0) is 14.8. The molecule has 1 aromatic carbocycles. The number of aromatic amines is 1. The molecule has 2 N–H and O–H groups in total. The number of nitrogens with zero attached hydrogens (tertiary/aromatic N) is 1. The normalized spacial score (nSPS) is 14.6. The van der Waals surface area contributed by atoms with Crippen molar-refractivity contribution < 1.29 is 9.59 Å². The lowest BCUT2D eigenvalue weighted by Gasteiger charge is -2.15. The van der Waals surface area contributed by atoms with Gasteiger partial charge in [-0.15, -0.1) is 0 Å². The summed E-state index contributed by atoms with van der Waals surface area (Å²) in [5, 5.41) is 4.15. The summed E-state index contributed by atoms with van der Waals surface area (Å²) in [5.74, 6) is -0.310. The number of fused-ring (bicyclic) bond motifs is 1. The first kappa shape index (κ1) is 13.9. The number of carbonyl (C=O) groups is 2. The number of hydrogen-bond donors (Lipinski definition) is 2. The molecule has 0 unspecified atom stereocenters. The van der Waals surface area contributed by atoms with Crippen molar-refractivity contribution in [1.82, 2.24) is 15.2 Å². The first-order valence-electron chi connectivity index (χ1n) is 6.98. The van der Waals surface area contributed by atoms with Crippen molar-refractivity contribution >= 4 is 34.3 Å². The average Bonchev–Trinajstić information content (AvgIpc) is 3.12. The number of carbonyl (C=O) groups excluding carboxylic acids is 2. The maximum Gasteiger partial charge on any atom is 0.268 e. The lowest BCUT2D eigenvalue weighted by atomic mass is 10.2. The van der Waals surface area contributed by atoms with Gasteiger partial charge in [-0.05, 0) is 37.1 Å². The van der Waals surface area contributed by atoms with Gasteiger partial charge in [0.25, 0.3) is 5.91 Å². The minimum atomic E-state index is -0.283. The molecule has 0 spiro atoms. The summed E-state index contributed by atoms with van der Waals surface area (Å²) in [5.41, 5.74) is 1.27. The van der Waals surface area contributed by atoms with E-state index in [9.17, 15) is 9.59 Å². The molecule has 0 saturated carbocycles. The molecule has 110 valence electrons. The monoisotopic (exact) mass is 305 g/mol. The molecule has 1 aromatic heterocycles. The van der Waals surface area contributed by atoms with Crippen LogP contribution in [0.3, 0.4) is 0 Å². The molecule has 6 heteroatoms. The third-order valence-corrected chi connectivity index (χ3v) is 3.92. The fourth-order valence-electron chi connectivity index (χ4n) is 2.56. The summed E-state index contributed by atoms with van der Waals surface area (Å²) in [6.07, 6.45) is 2.09. The highest BCUT2D eigenvalue weighted by Gasteiger charge is 2.18. The molecule has 2 aromatic rings. The van der Waals surface area contributed by atoms with Crippen molar-refractivity contribution in [2.24, 2.45) is 0 Å². The van der Waals surface area contributed by atoms with Gasteiger partial charge in [-0.2, -0.15) is 0 Å². The van der Waals surface area contributed by atoms with Crippen LogP contribution in [0.1, 0.15) is 23.3 Å². The summed E-state index contributed by atoms with van der Waals surface area (Å²) in [4.78, 5) is 28.8. The molecule has 21 heavy (non-hydrogen) atoms. The fraction of sp³-hybridized carbons (Fsp3) is 0.333. The fourth-order valence-corrected chi connectivity index (χ4v) is 2.74. The number of halogens is 1. The van der Waals surface area contributed by atoms with E-state index in [4.69, 9.17) is 11.6 Å². The van der Waals surface area contributed by atoms with Crippen LogP contribution in [0.25, 0.3) is 10.9 Å². The Morgan fingerprint density at radius 1 is 1.24 bits per heavy atom. The molecular weight excluding hydrogens is 290 g/mol. The molecule has 5 nitrogen and oxygen atoms in total. The highest BCUT2D eigenvalue weighted by Crippen LogP contribution is 2.20. The molecule has 1 fully saturated rings. The Bertz CT molecular complexity index is 689. The first-order chi connectivity index (χ1) is 10.1. The van der Waals surface area contributed by atoms with E-state index in [-0.39, 0.29) is 18.4 Å². The average molecular weight is 306 g/mol. The maximum atomic E-state index is 12.1. The van der Waals surface area contributed by atoms with E-state index in [2.05, 4.69) is 10.3 Å². The second kappa shape index (κ2) is 5.77. The van der Waals surface area contributed by atoms with Crippen molar-refractivity contribution in [1.29, 1.82) is 0 Å². The van der Waals surface area contributed by atoms with Crippen LogP contribution in [-0.4, -0.2) is 41.3 Å². The van der Waals surface area contributed by atoms with Crippen molar-refractivity contribution in [2.45, 2.75) is 12.8 Å². The lowest BCUT2D eigenvalue weighted by molar-refractivity contribution is -0.129. The number of aromatic nitrogens is 1. The Kier molecular flexibility index (Phi) is 3.84. The number of nitrogens with one attached hydrogen (secondary N) is 2. The molecule has 0 atom stereocenters. The van der Waals surface area contributed by atoms with Gasteiger partial charge in [-0.1, -0.05) is 11.6 Å². The van der Waals surface area contributed by atoms with E-state index in [1.807, 2.05) is 6.07 Å². The predicted molar refractivity (Wildman–Crippen MR) is 81.5 cm³/mol. The summed E-state index contributed by atoms with van der Waals surface area (Å²) in [6.45, 7) is 1.62. The third-order valence-electron chi connectivity index (χ3n) is 3.69. The second-order valence-electron chi connectivity index (χ2n) is 5.19. The largest absolute Gasteiger partial charge is 0.351 e. The number of H-pyrrole nitrogens is 1. The van der Waals surface area contributed by atoms with Gasteiger partial charge in [-0.25, -0.2) is 0 Å². The Morgan fingerprint density at radius 3 is 2.76 bits per heavy atom. The van der Waals surface area contributed by atoms with E-state index in [1.165, 1.54) is 0 Å². The van der Waals surface area contributed by atoms with E-state index < -0.39 is 0 Å². The van der Waals surface area contributed by atoms with Gasteiger partial charge < -0.3 is 15.2 Å². The van der Waals surface area contributed by atoms with Crippen LogP contribution in [0.2, 0.25) is 5.02 Å². The standard InChI is InChI=1S/C15H16ClN3O2/c16-11-3-4-12-10(7-11)8-13(18-12)15(21)17-9-14(20)19-5-1-2-6-19/h3-4,7-8,18H,1-2,5-6,9H2,(H,17,21). The third kappa shape index (κ3) is 3.03.